The third-order valence-corrected chi connectivity index (χ3v) is 5.30. The molecular formula is C22H21NO3. The van der Waals surface area contributed by atoms with Gasteiger partial charge in [-0.1, -0.05) is 36.4 Å². The maximum atomic E-state index is 11.8. The number of hydrogen-bond donors (Lipinski definition) is 2. The van der Waals surface area contributed by atoms with Gasteiger partial charge in [-0.25, -0.2) is 5.48 Å². The van der Waals surface area contributed by atoms with Crippen molar-refractivity contribution in [1.82, 2.24) is 5.48 Å². The van der Waals surface area contributed by atoms with Gasteiger partial charge in [-0.05, 0) is 70.5 Å². The topological polar surface area (TPSA) is 58.6 Å². The maximum absolute atomic E-state index is 11.8. The smallest absolute Gasteiger partial charge is 0.246 e. The predicted octanol–water partition coefficient (Wildman–Crippen LogP) is 4.13. The van der Waals surface area contributed by atoms with Crippen molar-refractivity contribution in [3.63, 3.8) is 0 Å². The van der Waals surface area contributed by atoms with Crippen LogP contribution in [0.3, 0.4) is 0 Å². The van der Waals surface area contributed by atoms with Crippen LogP contribution in [0.1, 0.15) is 17.5 Å². The number of hydrogen-bond acceptors (Lipinski definition) is 3. The number of carbonyl (C=O) groups is 1. The minimum Gasteiger partial charge on any atom is -0.497 e. The van der Waals surface area contributed by atoms with Gasteiger partial charge in [-0.15, -0.1) is 0 Å². The summed E-state index contributed by atoms with van der Waals surface area (Å²) >= 11 is 0. The molecule has 1 aliphatic carbocycles. The number of hydroxylamine groups is 1. The number of methoxy groups -OCH3 is 1. The molecule has 0 fully saturated rings. The molecule has 0 heterocycles. The number of nitrogens with one attached hydrogen (secondary N) is 1. The average Bonchev–Trinajstić information content (AvgIpc) is 2.71. The lowest BCUT2D eigenvalue weighted by Crippen LogP contribution is -2.31. The third kappa shape index (κ3) is 3.04. The number of aryl methyl sites for hydroxylation is 1. The number of amides is 1. The molecule has 4 heteroatoms. The highest BCUT2D eigenvalue weighted by atomic mass is 16.5. The summed E-state index contributed by atoms with van der Waals surface area (Å²) in [5, 5.41) is 11.2. The molecule has 1 unspecified atom stereocenters. The van der Waals surface area contributed by atoms with E-state index in [2.05, 4.69) is 42.5 Å². The van der Waals surface area contributed by atoms with Crippen LogP contribution in [0.15, 0.2) is 54.6 Å². The van der Waals surface area contributed by atoms with E-state index in [0.717, 1.165) is 35.1 Å². The summed E-state index contributed by atoms with van der Waals surface area (Å²) < 4.78 is 5.29. The Hall–Kier alpha value is -2.85. The first-order valence-corrected chi connectivity index (χ1v) is 8.82. The Labute approximate surface area is 152 Å². The lowest BCUT2D eigenvalue weighted by Gasteiger charge is -2.23. The summed E-state index contributed by atoms with van der Waals surface area (Å²) in [5.41, 5.74) is 6.57. The number of benzene rings is 3. The van der Waals surface area contributed by atoms with Gasteiger partial charge in [-0.2, -0.15) is 0 Å². The minimum absolute atomic E-state index is 0.160. The Morgan fingerprint density at radius 3 is 2.54 bits per heavy atom. The zero-order valence-electron chi connectivity index (χ0n) is 14.7. The van der Waals surface area contributed by atoms with Crippen LogP contribution in [0.2, 0.25) is 0 Å². The standard InChI is InChI=1S/C22H21NO3/c1-26-21-9-8-17-10-15(5-6-18(17)13-21)16-4-2-14-3-7-19(22(24)23-25)12-20(14)11-16/h2,4-6,8-11,13,19,25H,3,7,12H2,1H3,(H,23,24). The van der Waals surface area contributed by atoms with Gasteiger partial charge in [0.1, 0.15) is 5.75 Å². The second kappa shape index (κ2) is 6.81. The van der Waals surface area contributed by atoms with Crippen molar-refractivity contribution >= 4 is 16.7 Å². The van der Waals surface area contributed by atoms with Gasteiger partial charge >= 0.3 is 0 Å². The summed E-state index contributed by atoms with van der Waals surface area (Å²) in [5.74, 6) is 0.403. The Bertz CT molecular complexity index is 980. The lowest BCUT2D eigenvalue weighted by atomic mass is 9.82. The highest BCUT2D eigenvalue weighted by molar-refractivity contribution is 5.88. The molecule has 0 spiro atoms. The van der Waals surface area contributed by atoms with Gasteiger partial charge in [0, 0.05) is 5.92 Å². The molecule has 3 aromatic carbocycles. The van der Waals surface area contributed by atoms with Gasteiger partial charge in [0.2, 0.25) is 5.91 Å². The molecule has 3 aromatic rings. The van der Waals surface area contributed by atoms with Crippen molar-refractivity contribution in [2.24, 2.45) is 5.92 Å². The predicted molar refractivity (Wildman–Crippen MR) is 101 cm³/mol. The van der Waals surface area contributed by atoms with Crippen LogP contribution >= 0.6 is 0 Å². The van der Waals surface area contributed by atoms with Gasteiger partial charge in [0.25, 0.3) is 0 Å². The molecule has 0 saturated heterocycles. The molecular weight excluding hydrogens is 326 g/mol. The van der Waals surface area contributed by atoms with E-state index < -0.39 is 0 Å². The van der Waals surface area contributed by atoms with Crippen molar-refractivity contribution in [3.8, 4) is 16.9 Å². The second-order valence-corrected chi connectivity index (χ2v) is 6.83. The number of fused-ring (bicyclic) bond motifs is 2. The molecule has 4 nitrogen and oxygen atoms in total. The zero-order valence-corrected chi connectivity index (χ0v) is 14.7. The Balaban J connectivity index is 1.68. The minimum atomic E-state index is -0.291. The molecule has 1 aliphatic rings. The highest BCUT2D eigenvalue weighted by Gasteiger charge is 2.24. The molecule has 0 aromatic heterocycles. The van der Waals surface area contributed by atoms with Crippen LogP contribution in [0, 0.1) is 5.92 Å². The third-order valence-electron chi connectivity index (χ3n) is 5.30. The van der Waals surface area contributed by atoms with E-state index in [1.807, 2.05) is 12.1 Å². The molecule has 0 saturated carbocycles. The van der Waals surface area contributed by atoms with Crippen LogP contribution in [0.4, 0.5) is 0 Å². The van der Waals surface area contributed by atoms with E-state index in [-0.39, 0.29) is 11.8 Å². The van der Waals surface area contributed by atoms with Crippen molar-refractivity contribution in [2.45, 2.75) is 19.3 Å². The van der Waals surface area contributed by atoms with Crippen molar-refractivity contribution in [2.75, 3.05) is 7.11 Å². The van der Waals surface area contributed by atoms with Crippen molar-refractivity contribution < 1.29 is 14.7 Å². The fraction of sp³-hybridized carbons (Fsp3) is 0.227. The Kier molecular flexibility index (Phi) is 4.35. The van der Waals surface area contributed by atoms with E-state index >= 15 is 0 Å². The Morgan fingerprint density at radius 2 is 1.73 bits per heavy atom. The summed E-state index contributed by atoms with van der Waals surface area (Å²) in [6.07, 6.45) is 2.31. The van der Waals surface area contributed by atoms with E-state index in [4.69, 9.17) is 9.94 Å². The van der Waals surface area contributed by atoms with Crippen LogP contribution in [-0.4, -0.2) is 18.2 Å². The quantitative estimate of drug-likeness (QED) is 0.553. The fourth-order valence-corrected chi connectivity index (χ4v) is 3.78. The molecule has 2 N–H and O–H groups in total. The maximum Gasteiger partial charge on any atom is 0.246 e. The van der Waals surface area contributed by atoms with E-state index in [0.29, 0.717) is 6.42 Å². The van der Waals surface area contributed by atoms with E-state index in [9.17, 15) is 4.79 Å². The second-order valence-electron chi connectivity index (χ2n) is 6.83. The van der Waals surface area contributed by atoms with E-state index in [1.165, 1.54) is 16.5 Å². The van der Waals surface area contributed by atoms with E-state index in [1.54, 1.807) is 12.6 Å². The molecule has 26 heavy (non-hydrogen) atoms. The zero-order chi connectivity index (χ0) is 18.1. The van der Waals surface area contributed by atoms with Crippen LogP contribution in [0.5, 0.6) is 5.75 Å². The van der Waals surface area contributed by atoms with Crippen molar-refractivity contribution in [3.05, 3.63) is 65.7 Å². The highest BCUT2D eigenvalue weighted by Crippen LogP contribution is 2.32. The van der Waals surface area contributed by atoms with Gasteiger partial charge in [-0.3, -0.25) is 10.0 Å². The van der Waals surface area contributed by atoms with Gasteiger partial charge < -0.3 is 4.74 Å². The fourth-order valence-electron chi connectivity index (χ4n) is 3.78. The molecule has 0 radical (unpaired) electrons. The molecule has 132 valence electrons. The van der Waals surface area contributed by atoms with Crippen molar-refractivity contribution in [1.29, 1.82) is 0 Å². The first-order chi connectivity index (χ1) is 12.7. The molecule has 0 aliphatic heterocycles. The molecule has 1 atom stereocenters. The number of ether oxygens (including phenoxy) is 1. The molecule has 0 bridgehead atoms. The number of rotatable bonds is 3. The lowest BCUT2D eigenvalue weighted by molar-refractivity contribution is -0.133. The summed E-state index contributed by atoms with van der Waals surface area (Å²) in [7, 11) is 1.67. The Morgan fingerprint density at radius 1 is 1.00 bits per heavy atom. The molecule has 4 rings (SSSR count). The SMILES string of the molecule is COc1ccc2cc(-c3ccc4c(c3)CC(C(=O)NO)CC4)ccc2c1. The van der Waals surface area contributed by atoms with Crippen LogP contribution in [-0.2, 0) is 17.6 Å². The summed E-state index contributed by atoms with van der Waals surface area (Å²) in [6.45, 7) is 0. The average molecular weight is 347 g/mol. The summed E-state index contributed by atoms with van der Waals surface area (Å²) in [4.78, 5) is 11.8. The largest absolute Gasteiger partial charge is 0.497 e. The van der Waals surface area contributed by atoms with Gasteiger partial charge in [0.05, 0.1) is 7.11 Å². The summed E-state index contributed by atoms with van der Waals surface area (Å²) in [6, 6.07) is 19.0. The van der Waals surface area contributed by atoms with Gasteiger partial charge in [0.15, 0.2) is 0 Å². The monoisotopic (exact) mass is 347 g/mol. The van der Waals surface area contributed by atoms with Crippen LogP contribution in [0.25, 0.3) is 21.9 Å². The first-order valence-electron chi connectivity index (χ1n) is 8.82. The molecule has 1 amide bonds. The number of carbonyl (C=O) groups excluding carboxylic acids is 1. The van der Waals surface area contributed by atoms with Crippen LogP contribution < -0.4 is 10.2 Å². The normalized spacial score (nSPS) is 16.2. The first kappa shape index (κ1) is 16.6.